The van der Waals surface area contributed by atoms with Crippen LogP contribution in [0.15, 0.2) is 0 Å². The van der Waals surface area contributed by atoms with Gasteiger partial charge < -0.3 is 10.1 Å². The molecule has 0 radical (unpaired) electrons. The monoisotopic (exact) mass is 241 g/mol. The van der Waals surface area contributed by atoms with Crippen molar-refractivity contribution in [3.8, 4) is 0 Å². The van der Waals surface area contributed by atoms with Crippen LogP contribution in [-0.4, -0.2) is 25.0 Å². The molecule has 1 amide bonds. The van der Waals surface area contributed by atoms with E-state index in [0.29, 0.717) is 5.92 Å². The van der Waals surface area contributed by atoms with Crippen molar-refractivity contribution in [3.63, 3.8) is 0 Å². The molecule has 98 valence electrons. The van der Waals surface area contributed by atoms with E-state index in [1.54, 1.807) is 0 Å². The summed E-state index contributed by atoms with van der Waals surface area (Å²) in [5.74, 6) is 0.155. The molecular formula is C13H23NO3. The zero-order chi connectivity index (χ0) is 13.0. The number of hydrogen-bond acceptors (Lipinski definition) is 3. The first-order valence-electron chi connectivity index (χ1n) is 6.35. The van der Waals surface area contributed by atoms with Crippen molar-refractivity contribution in [2.75, 3.05) is 7.11 Å². The van der Waals surface area contributed by atoms with Crippen LogP contribution >= 0.6 is 0 Å². The Balaban J connectivity index is 2.61. The normalized spacial score (nSPS) is 25.7. The third-order valence-electron chi connectivity index (χ3n) is 3.62. The molecule has 1 aliphatic rings. The Labute approximate surface area is 103 Å². The van der Waals surface area contributed by atoms with Crippen molar-refractivity contribution < 1.29 is 14.3 Å². The molecule has 3 unspecified atom stereocenters. The summed E-state index contributed by atoms with van der Waals surface area (Å²) in [5.41, 5.74) is 0. The Bertz CT molecular complexity index is 288. The average molecular weight is 241 g/mol. The van der Waals surface area contributed by atoms with Crippen LogP contribution in [0.2, 0.25) is 0 Å². The maximum absolute atomic E-state index is 12.1. The summed E-state index contributed by atoms with van der Waals surface area (Å²) in [7, 11) is 1.35. The predicted octanol–water partition coefficient (Wildman–Crippen LogP) is 1.74. The maximum Gasteiger partial charge on any atom is 0.328 e. The van der Waals surface area contributed by atoms with Crippen LogP contribution in [0.5, 0.6) is 0 Å². The molecule has 17 heavy (non-hydrogen) atoms. The first-order chi connectivity index (χ1) is 7.97. The number of rotatable bonds is 4. The lowest BCUT2D eigenvalue weighted by atomic mass is 9.95. The molecule has 1 saturated carbocycles. The van der Waals surface area contributed by atoms with E-state index < -0.39 is 6.04 Å². The summed E-state index contributed by atoms with van der Waals surface area (Å²) in [4.78, 5) is 23.6. The summed E-state index contributed by atoms with van der Waals surface area (Å²) < 4.78 is 4.71. The van der Waals surface area contributed by atoms with Gasteiger partial charge in [0, 0.05) is 5.92 Å². The van der Waals surface area contributed by atoms with Gasteiger partial charge in [0.15, 0.2) is 0 Å². The lowest BCUT2D eigenvalue weighted by molar-refractivity contribution is -0.147. The summed E-state index contributed by atoms with van der Waals surface area (Å²) in [6.07, 6.45) is 3.13. The SMILES string of the molecule is COC(=O)C(NC(=O)C1CCCC1C)C(C)C. The molecule has 3 atom stereocenters. The van der Waals surface area contributed by atoms with Gasteiger partial charge in [0.2, 0.25) is 5.91 Å². The summed E-state index contributed by atoms with van der Waals surface area (Å²) >= 11 is 0. The minimum absolute atomic E-state index is 0.000833. The van der Waals surface area contributed by atoms with Gasteiger partial charge in [0.25, 0.3) is 0 Å². The molecule has 1 rings (SSSR count). The number of hydrogen-bond donors (Lipinski definition) is 1. The van der Waals surface area contributed by atoms with E-state index in [1.807, 2.05) is 13.8 Å². The average Bonchev–Trinajstić information content (AvgIpc) is 2.70. The molecule has 1 fully saturated rings. The minimum Gasteiger partial charge on any atom is -0.467 e. The lowest BCUT2D eigenvalue weighted by Gasteiger charge is -2.23. The minimum atomic E-state index is -0.528. The second-order valence-electron chi connectivity index (χ2n) is 5.27. The summed E-state index contributed by atoms with van der Waals surface area (Å²) in [5, 5.41) is 2.83. The fourth-order valence-electron chi connectivity index (χ4n) is 2.42. The molecule has 0 aliphatic heterocycles. The van der Waals surface area contributed by atoms with Crippen LogP contribution in [0.3, 0.4) is 0 Å². The van der Waals surface area contributed by atoms with Crippen LogP contribution in [-0.2, 0) is 14.3 Å². The maximum atomic E-state index is 12.1. The van der Waals surface area contributed by atoms with Crippen LogP contribution < -0.4 is 5.32 Å². The smallest absolute Gasteiger partial charge is 0.328 e. The van der Waals surface area contributed by atoms with Crippen molar-refractivity contribution in [2.45, 2.75) is 46.1 Å². The van der Waals surface area contributed by atoms with E-state index in [9.17, 15) is 9.59 Å². The molecule has 0 aromatic rings. The second-order valence-corrected chi connectivity index (χ2v) is 5.27. The molecule has 0 saturated heterocycles. The summed E-state index contributed by atoms with van der Waals surface area (Å²) in [6.45, 7) is 5.90. The summed E-state index contributed by atoms with van der Waals surface area (Å²) in [6, 6.07) is -0.528. The third-order valence-corrected chi connectivity index (χ3v) is 3.62. The first kappa shape index (κ1) is 14.0. The van der Waals surface area contributed by atoms with Crippen LogP contribution in [0.1, 0.15) is 40.0 Å². The Morgan fingerprint density at radius 1 is 1.29 bits per heavy atom. The van der Waals surface area contributed by atoms with E-state index in [0.717, 1.165) is 19.3 Å². The highest BCUT2D eigenvalue weighted by Crippen LogP contribution is 2.31. The second kappa shape index (κ2) is 6.03. The predicted molar refractivity (Wildman–Crippen MR) is 65.3 cm³/mol. The molecule has 4 heteroatoms. The van der Waals surface area contributed by atoms with E-state index in [1.165, 1.54) is 7.11 Å². The zero-order valence-corrected chi connectivity index (χ0v) is 11.2. The zero-order valence-electron chi connectivity index (χ0n) is 11.2. The van der Waals surface area contributed by atoms with Gasteiger partial charge in [-0.15, -0.1) is 0 Å². The molecule has 4 nitrogen and oxygen atoms in total. The van der Waals surface area contributed by atoms with Gasteiger partial charge in [-0.05, 0) is 24.7 Å². The van der Waals surface area contributed by atoms with Crippen molar-refractivity contribution in [1.29, 1.82) is 0 Å². The van der Waals surface area contributed by atoms with Crippen LogP contribution in [0.4, 0.5) is 0 Å². The quantitative estimate of drug-likeness (QED) is 0.763. The number of esters is 1. The van der Waals surface area contributed by atoms with Gasteiger partial charge >= 0.3 is 5.97 Å². The molecule has 1 N–H and O–H groups in total. The highest BCUT2D eigenvalue weighted by molar-refractivity contribution is 5.86. The Hall–Kier alpha value is -1.06. The fraction of sp³-hybridized carbons (Fsp3) is 0.846. The van der Waals surface area contributed by atoms with Gasteiger partial charge in [-0.3, -0.25) is 4.79 Å². The molecule has 0 aromatic carbocycles. The number of amides is 1. The number of carbonyl (C=O) groups is 2. The van der Waals surface area contributed by atoms with Crippen molar-refractivity contribution in [2.24, 2.45) is 17.8 Å². The van der Waals surface area contributed by atoms with Gasteiger partial charge in [0.1, 0.15) is 6.04 Å². The number of nitrogens with one attached hydrogen (secondary N) is 1. The number of methoxy groups -OCH3 is 1. The van der Waals surface area contributed by atoms with Crippen molar-refractivity contribution in [1.82, 2.24) is 5.32 Å². The van der Waals surface area contributed by atoms with E-state index in [-0.39, 0.29) is 23.7 Å². The standard InChI is InChI=1S/C13H23NO3/c1-8(2)11(13(16)17-4)14-12(15)10-7-5-6-9(10)3/h8-11H,5-7H2,1-4H3,(H,14,15). The van der Waals surface area contributed by atoms with E-state index >= 15 is 0 Å². The van der Waals surface area contributed by atoms with Crippen molar-refractivity contribution in [3.05, 3.63) is 0 Å². The molecule has 0 bridgehead atoms. The molecular weight excluding hydrogens is 218 g/mol. The molecule has 0 spiro atoms. The third kappa shape index (κ3) is 3.45. The molecule has 1 aliphatic carbocycles. The Morgan fingerprint density at radius 3 is 2.35 bits per heavy atom. The lowest BCUT2D eigenvalue weighted by Crippen LogP contribution is -2.47. The van der Waals surface area contributed by atoms with Gasteiger partial charge in [-0.2, -0.15) is 0 Å². The van der Waals surface area contributed by atoms with E-state index in [2.05, 4.69) is 12.2 Å². The Morgan fingerprint density at radius 2 is 1.94 bits per heavy atom. The molecule has 0 aromatic heterocycles. The highest BCUT2D eigenvalue weighted by atomic mass is 16.5. The fourth-order valence-corrected chi connectivity index (χ4v) is 2.42. The van der Waals surface area contributed by atoms with Gasteiger partial charge in [-0.1, -0.05) is 27.2 Å². The first-order valence-corrected chi connectivity index (χ1v) is 6.35. The largest absolute Gasteiger partial charge is 0.467 e. The topological polar surface area (TPSA) is 55.4 Å². The van der Waals surface area contributed by atoms with Gasteiger partial charge in [0.05, 0.1) is 7.11 Å². The van der Waals surface area contributed by atoms with Crippen LogP contribution in [0, 0.1) is 17.8 Å². The number of carbonyl (C=O) groups excluding carboxylic acids is 2. The molecule has 0 heterocycles. The van der Waals surface area contributed by atoms with Gasteiger partial charge in [-0.25, -0.2) is 4.79 Å². The highest BCUT2D eigenvalue weighted by Gasteiger charge is 2.33. The Kier molecular flexibility index (Phi) is 4.97. The number of ether oxygens (including phenoxy) is 1. The van der Waals surface area contributed by atoms with Crippen molar-refractivity contribution >= 4 is 11.9 Å². The van der Waals surface area contributed by atoms with Crippen LogP contribution in [0.25, 0.3) is 0 Å². The van der Waals surface area contributed by atoms with E-state index in [4.69, 9.17) is 4.74 Å².